The van der Waals surface area contributed by atoms with Crippen molar-refractivity contribution in [3.05, 3.63) is 76.1 Å². The maximum Gasteiger partial charge on any atom is 0.362 e. The molecule has 33 heavy (non-hydrogen) atoms. The predicted molar refractivity (Wildman–Crippen MR) is 116 cm³/mol. The number of aromatic nitrogens is 2. The first-order valence-corrected chi connectivity index (χ1v) is 9.81. The van der Waals surface area contributed by atoms with Crippen LogP contribution >= 0.6 is 0 Å². The first-order chi connectivity index (χ1) is 15.9. The van der Waals surface area contributed by atoms with Crippen LogP contribution in [0, 0.1) is 21.4 Å². The van der Waals surface area contributed by atoms with Gasteiger partial charge >= 0.3 is 5.97 Å². The third-order valence-electron chi connectivity index (χ3n) is 4.35. The highest BCUT2D eigenvalue weighted by Gasteiger charge is 2.21. The van der Waals surface area contributed by atoms with Gasteiger partial charge in [0.25, 0.3) is 11.6 Å². The molecule has 3 aromatic rings. The third-order valence-corrected chi connectivity index (χ3v) is 4.35. The van der Waals surface area contributed by atoms with E-state index in [1.165, 1.54) is 35.1 Å². The summed E-state index contributed by atoms with van der Waals surface area (Å²) in [4.78, 5) is 34.9. The molecular formula is C22H19N5O6. The molecule has 0 fully saturated rings. The highest BCUT2D eigenvalue weighted by Crippen LogP contribution is 2.22. The Hall–Kier alpha value is -4.72. The Kier molecular flexibility index (Phi) is 7.33. The van der Waals surface area contributed by atoms with Crippen molar-refractivity contribution in [2.45, 2.75) is 13.3 Å². The molecule has 3 rings (SSSR count). The average molecular weight is 449 g/mol. The van der Waals surface area contributed by atoms with Crippen molar-refractivity contribution in [3.63, 3.8) is 0 Å². The van der Waals surface area contributed by atoms with Gasteiger partial charge in [-0.1, -0.05) is 12.1 Å². The molecule has 0 spiro atoms. The Balaban J connectivity index is 1.73. The fourth-order valence-corrected chi connectivity index (χ4v) is 2.80. The molecule has 0 aliphatic heterocycles. The molecule has 0 radical (unpaired) electrons. The minimum Gasteiger partial charge on any atom is -0.480 e. The molecule has 11 nitrogen and oxygen atoms in total. The van der Waals surface area contributed by atoms with Gasteiger partial charge in [0.2, 0.25) is 5.69 Å². The van der Waals surface area contributed by atoms with E-state index in [1.807, 2.05) is 6.07 Å². The van der Waals surface area contributed by atoms with Gasteiger partial charge in [0.1, 0.15) is 0 Å². The molecule has 0 bridgehead atoms. The number of anilines is 1. The molecule has 0 atom stereocenters. The van der Waals surface area contributed by atoms with Crippen LogP contribution < -0.4 is 10.1 Å². The smallest absolute Gasteiger partial charge is 0.362 e. The summed E-state index contributed by atoms with van der Waals surface area (Å²) < 4.78 is 11.8. The van der Waals surface area contributed by atoms with Crippen LogP contribution in [0.25, 0.3) is 5.69 Å². The zero-order valence-corrected chi connectivity index (χ0v) is 17.6. The lowest BCUT2D eigenvalue weighted by atomic mass is 10.1. The molecule has 0 saturated carbocycles. The number of nitro groups is 1. The summed E-state index contributed by atoms with van der Waals surface area (Å²) in [5, 5.41) is 26.4. The zero-order valence-electron chi connectivity index (χ0n) is 17.6. The quantitative estimate of drug-likeness (QED) is 0.297. The number of nitrogens with one attached hydrogen (secondary N) is 1. The maximum atomic E-state index is 12.3. The lowest BCUT2D eigenvalue weighted by Crippen LogP contribution is -2.20. The number of esters is 1. The van der Waals surface area contributed by atoms with Crippen LogP contribution in [-0.4, -0.2) is 39.8 Å². The number of hydrogen-bond acceptors (Lipinski definition) is 8. The van der Waals surface area contributed by atoms with Crippen molar-refractivity contribution >= 4 is 23.3 Å². The Morgan fingerprint density at radius 3 is 2.48 bits per heavy atom. The van der Waals surface area contributed by atoms with E-state index in [2.05, 4.69) is 10.4 Å². The summed E-state index contributed by atoms with van der Waals surface area (Å²) in [5.41, 5.74) is 1.57. The fraction of sp³-hybridized carbons (Fsp3) is 0.182. The number of nitro benzene ring substituents is 1. The summed E-state index contributed by atoms with van der Waals surface area (Å²) in [6.45, 7) is 1.35. The molecule has 1 amide bonds. The number of benzene rings is 2. The maximum absolute atomic E-state index is 12.3. The van der Waals surface area contributed by atoms with Crippen LogP contribution in [0.4, 0.5) is 11.4 Å². The molecule has 1 aromatic heterocycles. The van der Waals surface area contributed by atoms with Gasteiger partial charge in [-0.3, -0.25) is 14.9 Å². The molecule has 0 saturated heterocycles. The third kappa shape index (κ3) is 5.92. The molecule has 0 aliphatic rings. The molecule has 2 aromatic carbocycles. The Morgan fingerprint density at radius 2 is 1.88 bits per heavy atom. The number of nitrogens with zero attached hydrogens (tertiary/aromatic N) is 4. The second kappa shape index (κ2) is 10.5. The van der Waals surface area contributed by atoms with Crippen LogP contribution in [0.3, 0.4) is 0 Å². The second-order valence-electron chi connectivity index (χ2n) is 6.65. The molecule has 168 valence electrons. The van der Waals surface area contributed by atoms with E-state index in [1.54, 1.807) is 31.2 Å². The average Bonchev–Trinajstić information content (AvgIpc) is 3.24. The standard InChI is InChI=1S/C22H19N5O6/c1-2-32-22(29)21-19(13-26(25-21)17-7-9-18(10-8-17)27(30)31)33-14-20(28)24-16-5-3-15(4-6-16)11-12-23/h3-10,13H,2,11,14H2,1H3,(H,24,28). The van der Waals surface area contributed by atoms with Crippen molar-refractivity contribution < 1.29 is 24.0 Å². The molecule has 1 heterocycles. The van der Waals surface area contributed by atoms with Gasteiger partial charge in [0.05, 0.1) is 35.9 Å². The molecule has 0 aliphatic carbocycles. The minimum atomic E-state index is -0.735. The van der Waals surface area contributed by atoms with Crippen LogP contribution in [-0.2, 0) is 16.0 Å². The predicted octanol–water partition coefficient (Wildman–Crippen LogP) is 3.04. The molecule has 0 unspecified atom stereocenters. The monoisotopic (exact) mass is 449 g/mol. The van der Waals surface area contributed by atoms with Crippen molar-refractivity contribution in [3.8, 4) is 17.5 Å². The van der Waals surface area contributed by atoms with Crippen LogP contribution in [0.1, 0.15) is 23.0 Å². The van der Waals surface area contributed by atoms with E-state index < -0.39 is 23.4 Å². The van der Waals surface area contributed by atoms with Gasteiger partial charge in [-0.25, -0.2) is 9.48 Å². The van der Waals surface area contributed by atoms with Gasteiger partial charge < -0.3 is 14.8 Å². The van der Waals surface area contributed by atoms with E-state index in [-0.39, 0.29) is 30.2 Å². The van der Waals surface area contributed by atoms with Gasteiger partial charge in [0, 0.05) is 17.8 Å². The lowest BCUT2D eigenvalue weighted by molar-refractivity contribution is -0.384. The van der Waals surface area contributed by atoms with Crippen molar-refractivity contribution in [1.82, 2.24) is 9.78 Å². The van der Waals surface area contributed by atoms with Gasteiger partial charge in [0.15, 0.2) is 12.4 Å². The summed E-state index contributed by atoms with van der Waals surface area (Å²) in [5.74, 6) is -1.19. The summed E-state index contributed by atoms with van der Waals surface area (Å²) >= 11 is 0. The van der Waals surface area contributed by atoms with E-state index in [9.17, 15) is 19.7 Å². The molecule has 11 heteroatoms. The topological polar surface area (TPSA) is 149 Å². The number of non-ortho nitro benzene ring substituents is 1. The van der Waals surface area contributed by atoms with Gasteiger partial charge in [-0.2, -0.15) is 10.4 Å². The number of carbonyl (C=O) groups excluding carboxylic acids is 2. The van der Waals surface area contributed by atoms with Crippen LogP contribution in [0.2, 0.25) is 0 Å². The number of amides is 1. The normalized spacial score (nSPS) is 10.2. The van der Waals surface area contributed by atoms with Gasteiger partial charge in [-0.05, 0) is 36.8 Å². The van der Waals surface area contributed by atoms with Crippen LogP contribution in [0.5, 0.6) is 5.75 Å². The van der Waals surface area contributed by atoms with E-state index >= 15 is 0 Å². The van der Waals surface area contributed by atoms with Gasteiger partial charge in [-0.15, -0.1) is 0 Å². The number of ether oxygens (including phenoxy) is 2. The van der Waals surface area contributed by atoms with Crippen molar-refractivity contribution in [2.75, 3.05) is 18.5 Å². The fourth-order valence-electron chi connectivity index (χ4n) is 2.80. The summed E-state index contributed by atoms with van der Waals surface area (Å²) in [6.07, 6.45) is 1.66. The Bertz CT molecular complexity index is 1200. The highest BCUT2D eigenvalue weighted by atomic mass is 16.6. The van der Waals surface area contributed by atoms with Crippen LogP contribution in [0.15, 0.2) is 54.7 Å². The van der Waals surface area contributed by atoms with E-state index in [4.69, 9.17) is 14.7 Å². The number of rotatable bonds is 9. The van der Waals surface area contributed by atoms with Crippen molar-refractivity contribution in [1.29, 1.82) is 5.26 Å². The number of carbonyl (C=O) groups is 2. The summed E-state index contributed by atoms with van der Waals surface area (Å²) in [7, 11) is 0. The molecular weight excluding hydrogens is 430 g/mol. The minimum absolute atomic E-state index is 0.0197. The highest BCUT2D eigenvalue weighted by molar-refractivity contribution is 5.93. The van der Waals surface area contributed by atoms with E-state index in [0.717, 1.165) is 5.56 Å². The zero-order chi connectivity index (χ0) is 23.8. The SMILES string of the molecule is CCOC(=O)c1nn(-c2ccc([N+](=O)[O-])cc2)cc1OCC(=O)Nc1ccc(CC#N)cc1. The van der Waals surface area contributed by atoms with E-state index in [0.29, 0.717) is 11.4 Å². The lowest BCUT2D eigenvalue weighted by Gasteiger charge is -2.07. The number of hydrogen-bond donors (Lipinski definition) is 1. The van der Waals surface area contributed by atoms with Crippen molar-refractivity contribution in [2.24, 2.45) is 0 Å². The Morgan fingerprint density at radius 1 is 1.18 bits per heavy atom. The Labute approximate surface area is 188 Å². The first-order valence-electron chi connectivity index (χ1n) is 9.81. The largest absolute Gasteiger partial charge is 0.480 e. The molecule has 1 N–H and O–H groups in total. The summed E-state index contributed by atoms with van der Waals surface area (Å²) in [6, 6.07) is 14.4. The number of nitriles is 1. The first kappa shape index (κ1) is 23.0. The second-order valence-corrected chi connectivity index (χ2v) is 6.65.